The molecule has 1 aliphatic rings. The first-order chi connectivity index (χ1) is 10.4. The summed E-state index contributed by atoms with van der Waals surface area (Å²) in [4.78, 5) is 39.2. The molecule has 1 aromatic rings. The monoisotopic (exact) mass is 303 g/mol. The van der Waals surface area contributed by atoms with E-state index < -0.39 is 17.6 Å². The number of carboxylic acid groups (broad SMARTS) is 1. The normalized spacial score (nSPS) is 17.3. The van der Waals surface area contributed by atoms with Crippen LogP contribution in [0.3, 0.4) is 0 Å². The third kappa shape index (κ3) is 2.72. The van der Waals surface area contributed by atoms with Crippen molar-refractivity contribution in [3.8, 4) is 6.07 Å². The van der Waals surface area contributed by atoms with Crippen molar-refractivity contribution in [2.75, 3.05) is 6.54 Å². The minimum absolute atomic E-state index is 0.00962. The van der Waals surface area contributed by atoms with Gasteiger partial charge in [-0.05, 0) is 37.8 Å². The van der Waals surface area contributed by atoms with Gasteiger partial charge in [0.15, 0.2) is 0 Å². The van der Waals surface area contributed by atoms with Crippen molar-refractivity contribution in [1.29, 1.82) is 5.26 Å². The number of aromatic nitrogens is 1. The van der Waals surface area contributed by atoms with E-state index in [1.807, 2.05) is 6.07 Å². The van der Waals surface area contributed by atoms with E-state index in [0.717, 1.165) is 0 Å². The van der Waals surface area contributed by atoms with E-state index in [0.29, 0.717) is 36.2 Å². The number of nitrogens with zero attached hydrogens (tertiary/aromatic N) is 2. The molecule has 116 valence electrons. The number of hydrogen-bond acceptors (Lipinski definition) is 4. The SMILES string of the molecule is Cc1[nH]c(=O)c(C#N)c(C)c1CC(=O)N1CCCC1C(=O)O. The first kappa shape index (κ1) is 15.8. The van der Waals surface area contributed by atoms with Gasteiger partial charge in [0, 0.05) is 12.2 Å². The Morgan fingerprint density at radius 2 is 2.14 bits per heavy atom. The average molecular weight is 303 g/mol. The highest BCUT2D eigenvalue weighted by molar-refractivity contribution is 5.86. The standard InChI is InChI=1S/C15H17N3O4/c1-8-10(9(2)17-14(20)11(8)7-16)6-13(19)18-5-3-4-12(18)15(21)22/h12H,3-6H2,1-2H3,(H,17,20)(H,21,22). The first-order valence-corrected chi connectivity index (χ1v) is 7.01. The molecule has 1 aromatic heterocycles. The molecule has 0 saturated carbocycles. The lowest BCUT2D eigenvalue weighted by Crippen LogP contribution is -2.41. The van der Waals surface area contributed by atoms with Gasteiger partial charge in [0.2, 0.25) is 5.91 Å². The molecular formula is C15H17N3O4. The Bertz CT molecular complexity index is 730. The van der Waals surface area contributed by atoms with Crippen LogP contribution in [0.25, 0.3) is 0 Å². The first-order valence-electron chi connectivity index (χ1n) is 7.01. The minimum atomic E-state index is -1.00. The molecule has 0 spiro atoms. The van der Waals surface area contributed by atoms with Gasteiger partial charge < -0.3 is 15.0 Å². The Labute approximate surface area is 127 Å². The van der Waals surface area contributed by atoms with Crippen LogP contribution >= 0.6 is 0 Å². The number of aromatic amines is 1. The molecule has 1 fully saturated rings. The Hall–Kier alpha value is -2.62. The summed E-state index contributed by atoms with van der Waals surface area (Å²) in [6.45, 7) is 3.71. The second kappa shape index (κ2) is 6.02. The zero-order chi connectivity index (χ0) is 16.4. The molecule has 2 heterocycles. The van der Waals surface area contributed by atoms with E-state index >= 15 is 0 Å². The molecule has 1 atom stereocenters. The van der Waals surface area contributed by atoms with Gasteiger partial charge in [-0.15, -0.1) is 0 Å². The number of carboxylic acids is 1. The van der Waals surface area contributed by atoms with Crippen LogP contribution in [-0.4, -0.2) is 39.5 Å². The number of rotatable bonds is 3. The van der Waals surface area contributed by atoms with Crippen molar-refractivity contribution >= 4 is 11.9 Å². The van der Waals surface area contributed by atoms with Gasteiger partial charge in [0.1, 0.15) is 17.7 Å². The summed E-state index contributed by atoms with van der Waals surface area (Å²) in [5.74, 6) is -1.30. The van der Waals surface area contributed by atoms with Crippen molar-refractivity contribution in [2.24, 2.45) is 0 Å². The van der Waals surface area contributed by atoms with Crippen molar-refractivity contribution in [2.45, 2.75) is 39.2 Å². The third-order valence-electron chi connectivity index (χ3n) is 4.11. The Morgan fingerprint density at radius 3 is 2.73 bits per heavy atom. The molecule has 0 aromatic carbocycles. The lowest BCUT2D eigenvalue weighted by molar-refractivity contribution is -0.148. The maximum Gasteiger partial charge on any atom is 0.326 e. The van der Waals surface area contributed by atoms with Crippen LogP contribution in [0.4, 0.5) is 0 Å². The second-order valence-corrected chi connectivity index (χ2v) is 5.43. The topological polar surface area (TPSA) is 114 Å². The Morgan fingerprint density at radius 1 is 1.45 bits per heavy atom. The number of nitrogens with one attached hydrogen (secondary N) is 1. The average Bonchev–Trinajstić information content (AvgIpc) is 2.93. The molecule has 7 heteroatoms. The summed E-state index contributed by atoms with van der Waals surface area (Å²) in [6.07, 6.45) is 1.09. The van der Waals surface area contributed by atoms with E-state index in [4.69, 9.17) is 10.4 Å². The largest absolute Gasteiger partial charge is 0.480 e. The molecule has 2 rings (SSSR count). The molecule has 1 aliphatic heterocycles. The van der Waals surface area contributed by atoms with Gasteiger partial charge in [0.25, 0.3) is 5.56 Å². The van der Waals surface area contributed by atoms with Crippen LogP contribution in [0.2, 0.25) is 0 Å². The summed E-state index contributed by atoms with van der Waals surface area (Å²) in [6, 6.07) is 1.05. The van der Waals surface area contributed by atoms with Gasteiger partial charge in [-0.2, -0.15) is 5.26 Å². The molecule has 0 bridgehead atoms. The minimum Gasteiger partial charge on any atom is -0.480 e. The number of nitriles is 1. The number of aliphatic carboxylic acids is 1. The van der Waals surface area contributed by atoms with Crippen LogP contribution < -0.4 is 5.56 Å². The predicted molar refractivity (Wildman–Crippen MR) is 77.3 cm³/mol. The zero-order valence-electron chi connectivity index (χ0n) is 12.5. The number of aryl methyl sites for hydroxylation is 1. The molecule has 7 nitrogen and oxygen atoms in total. The van der Waals surface area contributed by atoms with Crippen molar-refractivity contribution in [1.82, 2.24) is 9.88 Å². The smallest absolute Gasteiger partial charge is 0.326 e. The van der Waals surface area contributed by atoms with Gasteiger partial charge in [0.05, 0.1) is 6.42 Å². The summed E-state index contributed by atoms with van der Waals surface area (Å²) < 4.78 is 0. The highest BCUT2D eigenvalue weighted by Gasteiger charge is 2.34. The molecule has 2 N–H and O–H groups in total. The number of carbonyl (C=O) groups is 2. The van der Waals surface area contributed by atoms with E-state index in [9.17, 15) is 14.4 Å². The fourth-order valence-electron chi connectivity index (χ4n) is 2.89. The summed E-state index contributed by atoms with van der Waals surface area (Å²) in [5, 5.41) is 18.2. The molecule has 1 amide bonds. The lowest BCUT2D eigenvalue weighted by atomic mass is 10.00. The van der Waals surface area contributed by atoms with Crippen molar-refractivity contribution in [3.63, 3.8) is 0 Å². The number of amides is 1. The molecule has 1 saturated heterocycles. The number of likely N-dealkylation sites (tertiary alicyclic amines) is 1. The molecule has 0 radical (unpaired) electrons. The number of hydrogen-bond donors (Lipinski definition) is 2. The van der Waals surface area contributed by atoms with E-state index in [2.05, 4.69) is 4.98 Å². The second-order valence-electron chi connectivity index (χ2n) is 5.43. The zero-order valence-corrected chi connectivity index (χ0v) is 12.5. The fraction of sp³-hybridized carbons (Fsp3) is 0.467. The number of H-pyrrole nitrogens is 1. The van der Waals surface area contributed by atoms with Crippen molar-refractivity contribution in [3.05, 3.63) is 32.7 Å². The summed E-state index contributed by atoms with van der Waals surface area (Å²) >= 11 is 0. The lowest BCUT2D eigenvalue weighted by Gasteiger charge is -2.22. The number of pyridine rings is 1. The van der Waals surface area contributed by atoms with Crippen LogP contribution in [0.15, 0.2) is 4.79 Å². The molecule has 1 unspecified atom stereocenters. The maximum atomic E-state index is 12.4. The van der Waals surface area contributed by atoms with E-state index in [1.54, 1.807) is 13.8 Å². The molecular weight excluding hydrogens is 286 g/mol. The number of carbonyl (C=O) groups excluding carboxylic acids is 1. The van der Waals surface area contributed by atoms with Gasteiger partial charge in [-0.3, -0.25) is 9.59 Å². The maximum absolute atomic E-state index is 12.4. The van der Waals surface area contributed by atoms with Crippen LogP contribution in [0, 0.1) is 25.2 Å². The predicted octanol–water partition coefficient (Wildman–Crippen LogP) is 0.482. The summed E-state index contributed by atoms with van der Waals surface area (Å²) in [5.41, 5.74) is 1.10. The Kier molecular flexibility index (Phi) is 4.31. The van der Waals surface area contributed by atoms with Crippen LogP contribution in [-0.2, 0) is 16.0 Å². The highest BCUT2D eigenvalue weighted by Crippen LogP contribution is 2.21. The van der Waals surface area contributed by atoms with Crippen LogP contribution in [0.1, 0.15) is 35.2 Å². The summed E-state index contributed by atoms with van der Waals surface area (Å²) in [7, 11) is 0. The van der Waals surface area contributed by atoms with Gasteiger partial charge in [-0.1, -0.05) is 0 Å². The molecule has 0 aliphatic carbocycles. The van der Waals surface area contributed by atoms with Crippen LogP contribution in [0.5, 0.6) is 0 Å². The van der Waals surface area contributed by atoms with Gasteiger partial charge in [-0.25, -0.2) is 4.79 Å². The Balaban J connectivity index is 2.32. The third-order valence-corrected chi connectivity index (χ3v) is 4.11. The van der Waals surface area contributed by atoms with Crippen molar-refractivity contribution < 1.29 is 14.7 Å². The van der Waals surface area contributed by atoms with E-state index in [-0.39, 0.29) is 17.9 Å². The quantitative estimate of drug-likeness (QED) is 0.843. The van der Waals surface area contributed by atoms with E-state index in [1.165, 1.54) is 4.90 Å². The van der Waals surface area contributed by atoms with Gasteiger partial charge >= 0.3 is 5.97 Å². The highest BCUT2D eigenvalue weighted by atomic mass is 16.4. The fourth-order valence-corrected chi connectivity index (χ4v) is 2.89. The molecule has 22 heavy (non-hydrogen) atoms.